The van der Waals surface area contributed by atoms with Crippen molar-refractivity contribution in [2.75, 3.05) is 0 Å². The van der Waals surface area contributed by atoms with Crippen molar-refractivity contribution in [2.24, 2.45) is 5.92 Å². The Morgan fingerprint density at radius 3 is 2.81 bits per heavy atom. The van der Waals surface area contributed by atoms with Crippen LogP contribution in [0.3, 0.4) is 0 Å². The van der Waals surface area contributed by atoms with E-state index in [0.29, 0.717) is 17.9 Å². The minimum absolute atomic E-state index is 0.535. The second-order valence-electron chi connectivity index (χ2n) is 7.07. The first kappa shape index (κ1) is 16.9. The molecule has 1 aliphatic rings. The molecule has 136 valence electrons. The van der Waals surface area contributed by atoms with Crippen molar-refractivity contribution in [1.29, 1.82) is 0 Å². The molecule has 0 saturated heterocycles. The van der Waals surface area contributed by atoms with E-state index in [1.165, 1.54) is 18.4 Å². The van der Waals surface area contributed by atoms with Gasteiger partial charge in [-0.15, -0.1) is 10.2 Å². The fourth-order valence-electron chi connectivity index (χ4n) is 3.67. The van der Waals surface area contributed by atoms with Crippen LogP contribution >= 0.6 is 0 Å². The summed E-state index contributed by atoms with van der Waals surface area (Å²) in [6.07, 6.45) is 10.1. The van der Waals surface area contributed by atoms with Gasteiger partial charge < -0.3 is 9.73 Å². The molecule has 3 aromatic rings. The second kappa shape index (κ2) is 7.37. The van der Waals surface area contributed by atoms with Gasteiger partial charge in [0, 0.05) is 50.1 Å². The Labute approximate surface area is 152 Å². The van der Waals surface area contributed by atoms with Gasteiger partial charge in [0.2, 0.25) is 11.8 Å². The average molecular weight is 352 g/mol. The Morgan fingerprint density at radius 2 is 2.04 bits per heavy atom. The zero-order valence-electron chi connectivity index (χ0n) is 15.2. The summed E-state index contributed by atoms with van der Waals surface area (Å²) in [6, 6.07) is 4.46. The van der Waals surface area contributed by atoms with Crippen LogP contribution in [-0.2, 0) is 13.0 Å². The highest BCUT2D eigenvalue weighted by atomic mass is 16.4. The van der Waals surface area contributed by atoms with E-state index < -0.39 is 0 Å². The van der Waals surface area contributed by atoms with Crippen LogP contribution in [-0.4, -0.2) is 31.0 Å². The topological polar surface area (TPSA) is 81.7 Å². The van der Waals surface area contributed by atoms with Crippen LogP contribution in [0.25, 0.3) is 5.69 Å². The lowest BCUT2D eigenvalue weighted by Gasteiger charge is -2.12. The summed E-state index contributed by atoms with van der Waals surface area (Å²) in [5.41, 5.74) is 3.33. The Hall–Kier alpha value is -2.54. The van der Waals surface area contributed by atoms with Crippen LogP contribution in [0.1, 0.15) is 42.3 Å². The highest BCUT2D eigenvalue weighted by Crippen LogP contribution is 2.28. The monoisotopic (exact) mass is 352 g/mol. The van der Waals surface area contributed by atoms with Crippen molar-refractivity contribution >= 4 is 0 Å². The molecule has 26 heavy (non-hydrogen) atoms. The summed E-state index contributed by atoms with van der Waals surface area (Å²) >= 11 is 0. The minimum Gasteiger partial charge on any atom is -0.426 e. The van der Waals surface area contributed by atoms with Gasteiger partial charge in [0.15, 0.2) is 0 Å². The van der Waals surface area contributed by atoms with Gasteiger partial charge in [0.25, 0.3) is 0 Å². The van der Waals surface area contributed by atoms with Crippen molar-refractivity contribution in [2.45, 2.75) is 52.1 Å². The molecule has 0 spiro atoms. The van der Waals surface area contributed by atoms with E-state index in [-0.39, 0.29) is 0 Å². The van der Waals surface area contributed by atoms with E-state index in [4.69, 9.17) is 4.42 Å². The average Bonchev–Trinajstić information content (AvgIpc) is 3.35. The number of hydrogen-bond donors (Lipinski definition) is 1. The predicted octanol–water partition coefficient (Wildman–Crippen LogP) is 2.77. The molecule has 0 amide bonds. The molecule has 0 aliphatic heterocycles. The summed E-state index contributed by atoms with van der Waals surface area (Å²) in [6.45, 7) is 4.74. The molecular weight excluding hydrogens is 328 g/mol. The summed E-state index contributed by atoms with van der Waals surface area (Å²) in [7, 11) is 0. The first-order valence-electron chi connectivity index (χ1n) is 9.15. The maximum atomic E-state index is 5.51. The zero-order chi connectivity index (χ0) is 17.9. The molecule has 0 bridgehead atoms. The fourth-order valence-corrected chi connectivity index (χ4v) is 3.67. The normalized spacial score (nSPS) is 19.9. The molecule has 1 N–H and O–H groups in total. The van der Waals surface area contributed by atoms with Crippen molar-refractivity contribution in [3.8, 4) is 5.69 Å². The predicted molar refractivity (Wildman–Crippen MR) is 96.8 cm³/mol. The van der Waals surface area contributed by atoms with Gasteiger partial charge in [-0.2, -0.15) is 5.10 Å². The molecule has 7 nitrogen and oxygen atoms in total. The van der Waals surface area contributed by atoms with Crippen molar-refractivity contribution in [1.82, 2.24) is 30.3 Å². The minimum atomic E-state index is 0.535. The summed E-state index contributed by atoms with van der Waals surface area (Å²) in [5.74, 6) is 2.03. The number of rotatable bonds is 6. The van der Waals surface area contributed by atoms with E-state index in [1.54, 1.807) is 12.4 Å². The Morgan fingerprint density at radius 1 is 1.19 bits per heavy atom. The maximum Gasteiger partial charge on any atom is 0.216 e. The van der Waals surface area contributed by atoms with Gasteiger partial charge in [0.1, 0.15) is 0 Å². The molecule has 0 aromatic carbocycles. The van der Waals surface area contributed by atoms with Crippen LogP contribution in [0.2, 0.25) is 0 Å². The molecule has 3 heterocycles. The first-order chi connectivity index (χ1) is 12.7. The van der Waals surface area contributed by atoms with Gasteiger partial charge in [-0.05, 0) is 44.2 Å². The van der Waals surface area contributed by atoms with Gasteiger partial charge in [-0.3, -0.25) is 4.98 Å². The van der Waals surface area contributed by atoms with Crippen molar-refractivity contribution < 1.29 is 4.42 Å². The highest BCUT2D eigenvalue weighted by molar-refractivity contribution is 5.30. The van der Waals surface area contributed by atoms with Gasteiger partial charge in [-0.1, -0.05) is 0 Å². The molecule has 0 unspecified atom stereocenters. The van der Waals surface area contributed by atoms with E-state index in [2.05, 4.69) is 38.7 Å². The lowest BCUT2D eigenvalue weighted by molar-refractivity contribution is 0.409. The molecule has 2 atom stereocenters. The molecule has 7 heteroatoms. The number of nitrogens with zero attached hydrogens (tertiary/aromatic N) is 5. The Bertz CT molecular complexity index is 856. The number of pyridine rings is 1. The van der Waals surface area contributed by atoms with Crippen LogP contribution in [0.4, 0.5) is 0 Å². The van der Waals surface area contributed by atoms with E-state index in [0.717, 1.165) is 36.7 Å². The Balaban J connectivity index is 1.31. The number of aryl methyl sites for hydroxylation is 2. The van der Waals surface area contributed by atoms with Crippen molar-refractivity contribution in [3.05, 3.63) is 53.8 Å². The largest absolute Gasteiger partial charge is 0.426 e. The Kier molecular flexibility index (Phi) is 4.79. The molecule has 1 aliphatic carbocycles. The van der Waals surface area contributed by atoms with Gasteiger partial charge in [0.05, 0.1) is 11.4 Å². The van der Waals surface area contributed by atoms with Crippen LogP contribution in [0, 0.1) is 19.8 Å². The summed E-state index contributed by atoms with van der Waals surface area (Å²) in [5, 5.41) is 16.3. The van der Waals surface area contributed by atoms with Crippen LogP contribution in [0.15, 0.2) is 35.1 Å². The van der Waals surface area contributed by atoms with E-state index in [9.17, 15) is 0 Å². The van der Waals surface area contributed by atoms with E-state index >= 15 is 0 Å². The third-order valence-corrected chi connectivity index (χ3v) is 5.08. The SMILES string of the molecule is Cc1nnc(C[C@@H]2CC[C@H](NCc3cn(-c4ccncc4)nc3C)C2)o1. The molecule has 4 rings (SSSR count). The molecule has 1 fully saturated rings. The second-order valence-corrected chi connectivity index (χ2v) is 7.07. The maximum absolute atomic E-state index is 5.51. The number of aromatic nitrogens is 5. The lowest BCUT2D eigenvalue weighted by atomic mass is 10.0. The molecule has 0 radical (unpaired) electrons. The molecular formula is C19H24N6O. The zero-order valence-corrected chi connectivity index (χ0v) is 15.2. The third-order valence-electron chi connectivity index (χ3n) is 5.08. The quantitative estimate of drug-likeness (QED) is 0.735. The third kappa shape index (κ3) is 3.83. The number of nitrogens with one attached hydrogen (secondary N) is 1. The van der Waals surface area contributed by atoms with Gasteiger partial charge in [-0.25, -0.2) is 4.68 Å². The van der Waals surface area contributed by atoms with Crippen LogP contribution < -0.4 is 5.32 Å². The molecule has 3 aromatic heterocycles. The molecule has 1 saturated carbocycles. The van der Waals surface area contributed by atoms with Crippen LogP contribution in [0.5, 0.6) is 0 Å². The smallest absolute Gasteiger partial charge is 0.216 e. The van der Waals surface area contributed by atoms with Gasteiger partial charge >= 0.3 is 0 Å². The number of hydrogen-bond acceptors (Lipinski definition) is 6. The fraction of sp³-hybridized carbons (Fsp3) is 0.474. The summed E-state index contributed by atoms with van der Waals surface area (Å²) in [4.78, 5) is 4.06. The highest BCUT2D eigenvalue weighted by Gasteiger charge is 2.26. The standard InChI is InChI=1S/C19H24N6O/c1-13-16(12-25(24-13)18-5-7-20-8-6-18)11-21-17-4-3-15(9-17)10-19-23-22-14(2)26-19/h5-8,12,15,17,21H,3-4,9-11H2,1-2H3/t15-,17+/m1/s1. The van der Waals surface area contributed by atoms with E-state index in [1.807, 2.05) is 23.7 Å². The first-order valence-corrected chi connectivity index (χ1v) is 9.15. The lowest BCUT2D eigenvalue weighted by Crippen LogP contribution is -2.26. The summed E-state index contributed by atoms with van der Waals surface area (Å²) < 4.78 is 7.43. The van der Waals surface area contributed by atoms with Crippen molar-refractivity contribution in [3.63, 3.8) is 0 Å².